The molecule has 1 fully saturated rings. The van der Waals surface area contributed by atoms with E-state index < -0.39 is 7.12 Å². The fraction of sp³-hybridized carbons (Fsp3) is 0.571. The Balaban J connectivity index is 2.33. The van der Waals surface area contributed by atoms with Crippen molar-refractivity contribution in [3.05, 3.63) is 23.8 Å². The number of hydrogen-bond acceptors (Lipinski definition) is 4. The minimum Gasteiger partial charge on any atom is -0.497 e. The minimum atomic E-state index is -0.439. The van der Waals surface area contributed by atoms with Crippen molar-refractivity contribution in [2.75, 3.05) is 7.11 Å². The number of ether oxygens (including phenoxy) is 1. The Hall–Kier alpha value is -1.04. The Morgan fingerprint density at radius 3 is 2.16 bits per heavy atom. The first kappa shape index (κ1) is 14.4. The SMILES string of the molecule is COc1cc(CO)cc(B2OC(C)(C)C(C)(C)O2)c1. The maximum absolute atomic E-state index is 9.29. The van der Waals surface area contributed by atoms with E-state index in [-0.39, 0.29) is 17.8 Å². The van der Waals surface area contributed by atoms with Gasteiger partial charge in [0.05, 0.1) is 24.9 Å². The van der Waals surface area contributed by atoms with Crippen LogP contribution < -0.4 is 10.2 Å². The van der Waals surface area contributed by atoms with E-state index >= 15 is 0 Å². The molecule has 0 aliphatic carbocycles. The first-order chi connectivity index (χ1) is 8.79. The molecule has 0 aromatic heterocycles. The Bertz CT molecular complexity index is 432. The highest BCUT2D eigenvalue weighted by molar-refractivity contribution is 6.62. The molecule has 1 heterocycles. The summed E-state index contributed by atoms with van der Waals surface area (Å²) < 4.78 is 17.2. The van der Waals surface area contributed by atoms with Crippen LogP contribution in [0.2, 0.25) is 0 Å². The van der Waals surface area contributed by atoms with Crippen LogP contribution >= 0.6 is 0 Å². The molecule has 1 aromatic carbocycles. The fourth-order valence-corrected chi connectivity index (χ4v) is 2.01. The van der Waals surface area contributed by atoms with Gasteiger partial charge >= 0.3 is 7.12 Å². The van der Waals surface area contributed by atoms with E-state index in [1.165, 1.54) is 0 Å². The molecule has 0 radical (unpaired) electrons. The molecule has 104 valence electrons. The summed E-state index contributed by atoms with van der Waals surface area (Å²) in [5.41, 5.74) is 0.895. The molecule has 0 spiro atoms. The molecule has 0 saturated carbocycles. The summed E-state index contributed by atoms with van der Waals surface area (Å²) in [5.74, 6) is 0.691. The smallest absolute Gasteiger partial charge is 0.494 e. The predicted octanol–water partition coefficient (Wildman–Crippen LogP) is 1.49. The average molecular weight is 264 g/mol. The Morgan fingerprint density at radius 1 is 1.11 bits per heavy atom. The van der Waals surface area contributed by atoms with Gasteiger partial charge in [0.25, 0.3) is 0 Å². The van der Waals surface area contributed by atoms with Gasteiger partial charge in [0, 0.05) is 0 Å². The molecule has 0 atom stereocenters. The second kappa shape index (κ2) is 4.82. The zero-order chi connectivity index (χ0) is 14.3. The number of methoxy groups -OCH3 is 1. The summed E-state index contributed by atoms with van der Waals surface area (Å²) in [6.07, 6.45) is 0. The minimum absolute atomic E-state index is 0.0380. The Kier molecular flexibility index (Phi) is 3.64. The van der Waals surface area contributed by atoms with Crippen LogP contribution in [0.3, 0.4) is 0 Å². The third-order valence-electron chi connectivity index (χ3n) is 3.93. The van der Waals surface area contributed by atoms with Gasteiger partial charge in [0.2, 0.25) is 0 Å². The van der Waals surface area contributed by atoms with Crippen LogP contribution in [0.25, 0.3) is 0 Å². The second-order valence-corrected chi connectivity index (χ2v) is 5.86. The summed E-state index contributed by atoms with van der Waals surface area (Å²) in [5, 5.41) is 9.29. The van der Waals surface area contributed by atoms with Crippen LogP contribution in [0.5, 0.6) is 5.75 Å². The largest absolute Gasteiger partial charge is 0.497 e. The normalized spacial score (nSPS) is 20.6. The maximum atomic E-state index is 9.29. The van der Waals surface area contributed by atoms with Crippen molar-refractivity contribution in [1.82, 2.24) is 0 Å². The van der Waals surface area contributed by atoms with Crippen LogP contribution in [0.4, 0.5) is 0 Å². The molecule has 0 bridgehead atoms. The van der Waals surface area contributed by atoms with Gasteiger partial charge < -0.3 is 19.2 Å². The second-order valence-electron chi connectivity index (χ2n) is 5.86. The molecule has 1 aromatic rings. The number of benzene rings is 1. The number of aliphatic hydroxyl groups excluding tert-OH is 1. The van der Waals surface area contributed by atoms with E-state index in [0.29, 0.717) is 5.75 Å². The average Bonchev–Trinajstić information content (AvgIpc) is 2.58. The Labute approximate surface area is 114 Å². The van der Waals surface area contributed by atoms with Crippen molar-refractivity contribution in [3.63, 3.8) is 0 Å². The van der Waals surface area contributed by atoms with Crippen molar-refractivity contribution in [1.29, 1.82) is 0 Å². The molecular weight excluding hydrogens is 243 g/mol. The fourth-order valence-electron chi connectivity index (χ4n) is 2.01. The molecule has 2 rings (SSSR count). The van der Waals surface area contributed by atoms with Crippen LogP contribution in [-0.2, 0) is 15.9 Å². The van der Waals surface area contributed by atoms with Crippen LogP contribution in [-0.4, -0.2) is 30.5 Å². The number of hydrogen-bond donors (Lipinski definition) is 1. The van der Waals surface area contributed by atoms with Crippen molar-refractivity contribution in [2.45, 2.75) is 45.5 Å². The highest BCUT2D eigenvalue weighted by atomic mass is 16.7. The Morgan fingerprint density at radius 2 is 1.68 bits per heavy atom. The molecule has 0 amide bonds. The lowest BCUT2D eigenvalue weighted by atomic mass is 9.78. The summed E-state index contributed by atoms with van der Waals surface area (Å²) in [6, 6.07) is 5.56. The number of aliphatic hydroxyl groups is 1. The van der Waals surface area contributed by atoms with E-state index in [0.717, 1.165) is 11.0 Å². The van der Waals surface area contributed by atoms with Gasteiger partial charge in [-0.3, -0.25) is 0 Å². The molecular formula is C14H21BO4. The lowest BCUT2D eigenvalue weighted by molar-refractivity contribution is 0.00578. The lowest BCUT2D eigenvalue weighted by Crippen LogP contribution is -2.41. The third kappa shape index (κ3) is 2.64. The van der Waals surface area contributed by atoms with Crippen molar-refractivity contribution in [2.24, 2.45) is 0 Å². The van der Waals surface area contributed by atoms with Crippen LogP contribution in [0, 0.1) is 0 Å². The van der Waals surface area contributed by atoms with E-state index in [4.69, 9.17) is 14.0 Å². The topological polar surface area (TPSA) is 47.9 Å². The molecule has 19 heavy (non-hydrogen) atoms. The monoisotopic (exact) mass is 264 g/mol. The van der Waals surface area contributed by atoms with Crippen molar-refractivity contribution >= 4 is 12.6 Å². The van der Waals surface area contributed by atoms with Crippen molar-refractivity contribution < 1.29 is 19.2 Å². The van der Waals surface area contributed by atoms with E-state index in [1.54, 1.807) is 13.2 Å². The van der Waals surface area contributed by atoms with Crippen LogP contribution in [0.15, 0.2) is 18.2 Å². The summed E-state index contributed by atoms with van der Waals surface area (Å²) >= 11 is 0. The maximum Gasteiger partial charge on any atom is 0.494 e. The van der Waals surface area contributed by atoms with E-state index in [9.17, 15) is 5.11 Å². The lowest BCUT2D eigenvalue weighted by Gasteiger charge is -2.32. The summed E-state index contributed by atoms with van der Waals surface area (Å²) in [6.45, 7) is 8.02. The van der Waals surface area contributed by atoms with Gasteiger partial charge in [0.1, 0.15) is 5.75 Å². The quantitative estimate of drug-likeness (QED) is 0.840. The third-order valence-corrected chi connectivity index (χ3v) is 3.93. The molecule has 1 aliphatic rings. The highest BCUT2D eigenvalue weighted by Gasteiger charge is 2.51. The van der Waals surface area contributed by atoms with E-state index in [1.807, 2.05) is 39.8 Å². The van der Waals surface area contributed by atoms with Crippen molar-refractivity contribution in [3.8, 4) is 5.75 Å². The summed E-state index contributed by atoms with van der Waals surface area (Å²) in [7, 11) is 1.16. The standard InChI is InChI=1S/C14H21BO4/c1-13(2)14(3,4)19-15(18-13)11-6-10(9-16)7-12(8-11)17-5/h6-8,16H,9H2,1-5H3. The van der Waals surface area contributed by atoms with Gasteiger partial charge in [-0.1, -0.05) is 6.07 Å². The number of rotatable bonds is 3. The van der Waals surface area contributed by atoms with Gasteiger partial charge in [-0.15, -0.1) is 0 Å². The summed E-state index contributed by atoms with van der Waals surface area (Å²) in [4.78, 5) is 0. The molecule has 1 saturated heterocycles. The van der Waals surface area contributed by atoms with Gasteiger partial charge in [-0.25, -0.2) is 0 Å². The zero-order valence-electron chi connectivity index (χ0n) is 12.2. The van der Waals surface area contributed by atoms with Crippen LogP contribution in [0.1, 0.15) is 33.3 Å². The molecule has 4 nitrogen and oxygen atoms in total. The molecule has 1 N–H and O–H groups in total. The van der Waals surface area contributed by atoms with Gasteiger partial charge in [0.15, 0.2) is 0 Å². The zero-order valence-corrected chi connectivity index (χ0v) is 12.2. The van der Waals surface area contributed by atoms with Gasteiger partial charge in [-0.05, 0) is 50.9 Å². The first-order valence-corrected chi connectivity index (χ1v) is 6.43. The highest BCUT2D eigenvalue weighted by Crippen LogP contribution is 2.36. The first-order valence-electron chi connectivity index (χ1n) is 6.43. The molecule has 1 aliphatic heterocycles. The molecule has 5 heteroatoms. The van der Waals surface area contributed by atoms with E-state index in [2.05, 4.69) is 0 Å². The predicted molar refractivity (Wildman–Crippen MR) is 74.6 cm³/mol. The van der Waals surface area contributed by atoms with Gasteiger partial charge in [-0.2, -0.15) is 0 Å². The molecule has 0 unspecified atom stereocenters.